The van der Waals surface area contributed by atoms with E-state index in [0.717, 1.165) is 6.42 Å². The zero-order chi connectivity index (χ0) is 10.4. The zero-order valence-electron chi connectivity index (χ0n) is 8.43. The number of aliphatic hydroxyl groups is 1. The van der Waals surface area contributed by atoms with Gasteiger partial charge in [0.15, 0.2) is 0 Å². The van der Waals surface area contributed by atoms with Gasteiger partial charge in [0.25, 0.3) is 6.43 Å². The highest BCUT2D eigenvalue weighted by Gasteiger charge is 2.18. The van der Waals surface area contributed by atoms with Gasteiger partial charge in [-0.1, -0.05) is 20.8 Å². The van der Waals surface area contributed by atoms with Crippen molar-refractivity contribution < 1.29 is 13.9 Å². The standard InChI is InChI=1S/C9H19F2NO/c1-4-7(6(2)3)12-5-8(13)9(10)11/h6-9,12-13H,4-5H2,1-3H3. The fraction of sp³-hybridized carbons (Fsp3) is 1.00. The predicted molar refractivity (Wildman–Crippen MR) is 48.9 cm³/mol. The molecule has 0 bridgehead atoms. The van der Waals surface area contributed by atoms with Gasteiger partial charge in [0.05, 0.1) is 0 Å². The summed E-state index contributed by atoms with van der Waals surface area (Å²) in [5.74, 6) is 0.398. The SMILES string of the molecule is CCC(NCC(O)C(F)F)C(C)C. The third-order valence-corrected chi connectivity index (χ3v) is 2.12. The fourth-order valence-electron chi connectivity index (χ4n) is 1.21. The van der Waals surface area contributed by atoms with Crippen LogP contribution in [0.5, 0.6) is 0 Å². The minimum absolute atomic E-state index is 0.0334. The summed E-state index contributed by atoms with van der Waals surface area (Å²) < 4.78 is 23.8. The maximum absolute atomic E-state index is 11.9. The molecule has 0 aliphatic carbocycles. The molecule has 0 amide bonds. The van der Waals surface area contributed by atoms with Crippen molar-refractivity contribution in [3.63, 3.8) is 0 Å². The second-order valence-corrected chi connectivity index (χ2v) is 3.57. The Balaban J connectivity index is 3.72. The molecular weight excluding hydrogens is 176 g/mol. The Labute approximate surface area is 78.3 Å². The third-order valence-electron chi connectivity index (χ3n) is 2.12. The minimum atomic E-state index is -2.66. The van der Waals surface area contributed by atoms with Gasteiger partial charge >= 0.3 is 0 Å². The van der Waals surface area contributed by atoms with Crippen molar-refractivity contribution in [1.82, 2.24) is 5.32 Å². The van der Waals surface area contributed by atoms with E-state index in [2.05, 4.69) is 5.32 Å². The van der Waals surface area contributed by atoms with Crippen molar-refractivity contribution >= 4 is 0 Å². The Morgan fingerprint density at radius 1 is 1.31 bits per heavy atom. The number of aliphatic hydroxyl groups excluding tert-OH is 1. The first-order chi connectivity index (χ1) is 5.99. The van der Waals surface area contributed by atoms with E-state index in [1.54, 1.807) is 0 Å². The average molecular weight is 195 g/mol. The average Bonchev–Trinajstić information content (AvgIpc) is 2.04. The van der Waals surface area contributed by atoms with E-state index in [0.29, 0.717) is 5.92 Å². The highest BCUT2D eigenvalue weighted by molar-refractivity contribution is 4.71. The molecule has 0 rings (SSSR count). The van der Waals surface area contributed by atoms with E-state index < -0.39 is 12.5 Å². The van der Waals surface area contributed by atoms with Crippen molar-refractivity contribution in [1.29, 1.82) is 0 Å². The number of alkyl halides is 2. The summed E-state index contributed by atoms with van der Waals surface area (Å²) in [4.78, 5) is 0. The Morgan fingerprint density at radius 3 is 2.15 bits per heavy atom. The number of hydrogen-bond acceptors (Lipinski definition) is 2. The first-order valence-corrected chi connectivity index (χ1v) is 4.68. The van der Waals surface area contributed by atoms with E-state index in [1.807, 2.05) is 20.8 Å². The molecule has 2 unspecified atom stereocenters. The van der Waals surface area contributed by atoms with Crippen LogP contribution in [-0.2, 0) is 0 Å². The number of halogens is 2. The van der Waals surface area contributed by atoms with E-state index in [-0.39, 0.29) is 12.6 Å². The molecule has 80 valence electrons. The molecule has 0 spiro atoms. The lowest BCUT2D eigenvalue weighted by molar-refractivity contribution is -0.00540. The maximum atomic E-state index is 11.9. The van der Waals surface area contributed by atoms with Gasteiger partial charge in [-0.25, -0.2) is 8.78 Å². The lowest BCUT2D eigenvalue weighted by atomic mass is 10.0. The molecule has 0 aliphatic rings. The van der Waals surface area contributed by atoms with Crippen LogP contribution in [0.2, 0.25) is 0 Å². The first kappa shape index (κ1) is 12.8. The van der Waals surface area contributed by atoms with Gasteiger partial charge in [0, 0.05) is 12.6 Å². The molecule has 0 aliphatic heterocycles. The predicted octanol–water partition coefficient (Wildman–Crippen LogP) is 1.64. The summed E-state index contributed by atoms with van der Waals surface area (Å²) in [5, 5.41) is 11.8. The van der Waals surface area contributed by atoms with Crippen LogP contribution in [0.25, 0.3) is 0 Å². The summed E-state index contributed by atoms with van der Waals surface area (Å²) in [5.41, 5.74) is 0. The number of hydrogen-bond donors (Lipinski definition) is 2. The molecule has 2 atom stereocenters. The molecule has 0 saturated heterocycles. The summed E-state index contributed by atoms with van der Waals surface area (Å²) in [6, 6.07) is 0.202. The molecule has 4 heteroatoms. The van der Waals surface area contributed by atoms with E-state index in [1.165, 1.54) is 0 Å². The highest BCUT2D eigenvalue weighted by Crippen LogP contribution is 2.06. The van der Waals surface area contributed by atoms with Crippen LogP contribution in [0.15, 0.2) is 0 Å². The number of nitrogens with one attached hydrogen (secondary N) is 1. The van der Waals surface area contributed by atoms with Crippen LogP contribution < -0.4 is 5.32 Å². The number of rotatable bonds is 6. The Bertz CT molecular complexity index is 131. The first-order valence-electron chi connectivity index (χ1n) is 4.68. The molecule has 0 fully saturated rings. The monoisotopic (exact) mass is 195 g/mol. The van der Waals surface area contributed by atoms with Crippen molar-refractivity contribution in [2.24, 2.45) is 5.92 Å². The molecule has 0 heterocycles. The fourth-order valence-corrected chi connectivity index (χ4v) is 1.21. The topological polar surface area (TPSA) is 32.3 Å². The normalized spacial score (nSPS) is 16.6. The zero-order valence-corrected chi connectivity index (χ0v) is 8.43. The maximum Gasteiger partial charge on any atom is 0.265 e. The second kappa shape index (κ2) is 6.27. The van der Waals surface area contributed by atoms with Crippen LogP contribution in [0, 0.1) is 5.92 Å². The summed E-state index contributed by atoms with van der Waals surface area (Å²) in [6.45, 7) is 6.01. The van der Waals surface area contributed by atoms with Crippen LogP contribution in [0.3, 0.4) is 0 Å². The quantitative estimate of drug-likeness (QED) is 0.675. The van der Waals surface area contributed by atoms with Crippen LogP contribution in [0.4, 0.5) is 8.78 Å². The Hall–Kier alpha value is -0.220. The molecule has 0 aromatic rings. The van der Waals surface area contributed by atoms with E-state index in [4.69, 9.17) is 5.11 Å². The second-order valence-electron chi connectivity index (χ2n) is 3.57. The molecule has 0 aromatic carbocycles. The van der Waals surface area contributed by atoms with Gasteiger partial charge in [-0.3, -0.25) is 0 Å². The summed E-state index contributed by atoms with van der Waals surface area (Å²) >= 11 is 0. The lowest BCUT2D eigenvalue weighted by Crippen LogP contribution is -2.40. The van der Waals surface area contributed by atoms with Crippen molar-refractivity contribution in [2.75, 3.05) is 6.54 Å². The molecule has 0 aromatic heterocycles. The van der Waals surface area contributed by atoms with Crippen LogP contribution >= 0.6 is 0 Å². The lowest BCUT2D eigenvalue weighted by Gasteiger charge is -2.22. The minimum Gasteiger partial charge on any atom is -0.386 e. The van der Waals surface area contributed by atoms with Gasteiger partial charge < -0.3 is 10.4 Å². The van der Waals surface area contributed by atoms with Gasteiger partial charge in [-0.15, -0.1) is 0 Å². The molecule has 2 nitrogen and oxygen atoms in total. The Morgan fingerprint density at radius 2 is 1.85 bits per heavy atom. The highest BCUT2D eigenvalue weighted by atomic mass is 19.3. The van der Waals surface area contributed by atoms with Crippen molar-refractivity contribution in [3.8, 4) is 0 Å². The van der Waals surface area contributed by atoms with Gasteiger partial charge in [-0.2, -0.15) is 0 Å². The smallest absolute Gasteiger partial charge is 0.265 e. The molecule has 0 radical (unpaired) electrons. The largest absolute Gasteiger partial charge is 0.386 e. The van der Waals surface area contributed by atoms with Crippen LogP contribution in [0.1, 0.15) is 27.2 Å². The van der Waals surface area contributed by atoms with Crippen molar-refractivity contribution in [2.45, 2.75) is 45.8 Å². The molecular formula is C9H19F2NO. The third kappa shape index (κ3) is 5.16. The molecule has 13 heavy (non-hydrogen) atoms. The van der Waals surface area contributed by atoms with E-state index in [9.17, 15) is 8.78 Å². The van der Waals surface area contributed by atoms with Crippen molar-refractivity contribution in [3.05, 3.63) is 0 Å². The van der Waals surface area contributed by atoms with Crippen LogP contribution in [-0.4, -0.2) is 30.2 Å². The molecule has 2 N–H and O–H groups in total. The summed E-state index contributed by atoms with van der Waals surface area (Å²) in [7, 11) is 0. The van der Waals surface area contributed by atoms with Gasteiger partial charge in [0.2, 0.25) is 0 Å². The van der Waals surface area contributed by atoms with E-state index >= 15 is 0 Å². The van der Waals surface area contributed by atoms with Gasteiger partial charge in [-0.05, 0) is 12.3 Å². The van der Waals surface area contributed by atoms with Gasteiger partial charge in [0.1, 0.15) is 6.10 Å². The summed E-state index contributed by atoms with van der Waals surface area (Å²) in [6.07, 6.45) is -3.32. The molecule has 0 saturated carbocycles. The Kier molecular flexibility index (Phi) is 6.16.